The number of fused-ring (bicyclic) bond motifs is 1. The molecule has 0 spiro atoms. The number of pyridine rings is 1. The lowest BCUT2D eigenvalue weighted by atomic mass is 10.1. The fraction of sp³-hybridized carbons (Fsp3) is 0.231. The summed E-state index contributed by atoms with van der Waals surface area (Å²) in [5.41, 5.74) is 1.62. The van der Waals surface area contributed by atoms with Crippen molar-refractivity contribution in [1.82, 2.24) is 4.98 Å². The summed E-state index contributed by atoms with van der Waals surface area (Å²) in [5.74, 6) is -0.323. The molecule has 1 aromatic heterocycles. The summed E-state index contributed by atoms with van der Waals surface area (Å²) in [6, 6.07) is 3.29. The van der Waals surface area contributed by atoms with Gasteiger partial charge in [-0.25, -0.2) is 9.78 Å². The predicted molar refractivity (Wildman–Crippen MR) is 74.4 cm³/mol. The highest BCUT2D eigenvalue weighted by Gasteiger charge is 2.18. The first kappa shape index (κ1) is 13.9. The minimum Gasteiger partial charge on any atom is -0.480 e. The summed E-state index contributed by atoms with van der Waals surface area (Å²) in [6.07, 6.45) is 0. The third kappa shape index (κ3) is 2.33. The van der Waals surface area contributed by atoms with Gasteiger partial charge in [-0.1, -0.05) is 23.2 Å². The van der Waals surface area contributed by atoms with Crippen molar-refractivity contribution >= 4 is 40.1 Å². The highest BCUT2D eigenvalue weighted by Crippen LogP contribution is 2.34. The summed E-state index contributed by atoms with van der Waals surface area (Å²) in [7, 11) is 2.74. The van der Waals surface area contributed by atoms with E-state index in [2.05, 4.69) is 4.98 Å². The van der Waals surface area contributed by atoms with Crippen LogP contribution in [0.2, 0.25) is 10.0 Å². The van der Waals surface area contributed by atoms with Gasteiger partial charge in [0.2, 0.25) is 5.88 Å². The largest absolute Gasteiger partial charge is 0.480 e. The van der Waals surface area contributed by atoms with Crippen molar-refractivity contribution in [2.75, 3.05) is 14.2 Å². The van der Waals surface area contributed by atoms with Gasteiger partial charge in [0.25, 0.3) is 0 Å². The lowest BCUT2D eigenvalue weighted by Crippen LogP contribution is -2.06. The van der Waals surface area contributed by atoms with Gasteiger partial charge in [0.05, 0.1) is 29.8 Å². The number of esters is 1. The molecule has 0 unspecified atom stereocenters. The lowest BCUT2D eigenvalue weighted by Gasteiger charge is -2.11. The van der Waals surface area contributed by atoms with E-state index in [0.29, 0.717) is 20.9 Å². The molecular formula is C13H11Cl2NO3. The summed E-state index contributed by atoms with van der Waals surface area (Å²) in [5, 5.41) is 1.55. The first-order valence-electron chi connectivity index (χ1n) is 5.41. The topological polar surface area (TPSA) is 48.4 Å². The van der Waals surface area contributed by atoms with Crippen molar-refractivity contribution < 1.29 is 14.3 Å². The Kier molecular flexibility index (Phi) is 3.83. The summed E-state index contributed by atoms with van der Waals surface area (Å²) < 4.78 is 9.81. The maximum Gasteiger partial charge on any atom is 0.343 e. The Morgan fingerprint density at radius 3 is 2.53 bits per heavy atom. The van der Waals surface area contributed by atoms with Crippen molar-refractivity contribution in [1.29, 1.82) is 0 Å². The Morgan fingerprint density at radius 1 is 1.26 bits per heavy atom. The molecule has 2 aromatic rings. The summed E-state index contributed by atoms with van der Waals surface area (Å²) in [4.78, 5) is 16.0. The quantitative estimate of drug-likeness (QED) is 0.794. The Hall–Kier alpha value is -1.52. The maximum absolute atomic E-state index is 11.7. The second kappa shape index (κ2) is 5.23. The third-order valence-electron chi connectivity index (χ3n) is 2.79. The van der Waals surface area contributed by atoms with Crippen LogP contribution in [0.3, 0.4) is 0 Å². The normalized spacial score (nSPS) is 10.6. The number of aryl methyl sites for hydroxylation is 1. The number of benzene rings is 1. The molecule has 0 amide bonds. The van der Waals surface area contributed by atoms with Crippen LogP contribution >= 0.6 is 23.2 Å². The fourth-order valence-corrected chi connectivity index (χ4v) is 2.22. The van der Waals surface area contributed by atoms with Crippen LogP contribution in [0.4, 0.5) is 0 Å². The van der Waals surface area contributed by atoms with Gasteiger partial charge in [-0.3, -0.25) is 0 Å². The van der Waals surface area contributed by atoms with E-state index in [1.54, 1.807) is 19.1 Å². The van der Waals surface area contributed by atoms with E-state index in [9.17, 15) is 4.79 Å². The average Bonchev–Trinajstić information content (AvgIpc) is 2.43. The molecule has 100 valence electrons. The predicted octanol–water partition coefficient (Wildman–Crippen LogP) is 3.65. The molecule has 0 atom stereocenters. The zero-order chi connectivity index (χ0) is 14.2. The number of rotatable bonds is 2. The first-order chi connectivity index (χ1) is 8.99. The third-order valence-corrected chi connectivity index (χ3v) is 3.67. The van der Waals surface area contributed by atoms with Crippen LogP contribution in [0.1, 0.15) is 15.9 Å². The molecule has 0 N–H and O–H groups in total. The molecule has 2 rings (SSSR count). The van der Waals surface area contributed by atoms with E-state index in [-0.39, 0.29) is 11.4 Å². The van der Waals surface area contributed by atoms with Crippen LogP contribution in [0.15, 0.2) is 12.1 Å². The summed E-state index contributed by atoms with van der Waals surface area (Å²) in [6.45, 7) is 1.81. The van der Waals surface area contributed by atoms with Crippen LogP contribution in [-0.2, 0) is 4.74 Å². The van der Waals surface area contributed by atoms with Crippen molar-refractivity contribution in [3.8, 4) is 5.88 Å². The van der Waals surface area contributed by atoms with Gasteiger partial charge in [-0.05, 0) is 24.6 Å². The number of hydrogen-bond acceptors (Lipinski definition) is 4. The molecule has 0 saturated heterocycles. The van der Waals surface area contributed by atoms with E-state index < -0.39 is 5.97 Å². The van der Waals surface area contributed by atoms with E-state index >= 15 is 0 Å². The second-order valence-electron chi connectivity index (χ2n) is 3.91. The minimum atomic E-state index is -0.519. The van der Waals surface area contributed by atoms with E-state index in [1.165, 1.54) is 14.2 Å². The second-order valence-corrected chi connectivity index (χ2v) is 4.69. The fourth-order valence-electron chi connectivity index (χ4n) is 1.82. The van der Waals surface area contributed by atoms with Crippen LogP contribution in [-0.4, -0.2) is 25.2 Å². The Balaban J connectivity index is 2.82. The van der Waals surface area contributed by atoms with Gasteiger partial charge in [-0.2, -0.15) is 0 Å². The molecule has 0 saturated carbocycles. The number of carbonyl (C=O) groups excluding carboxylic acids is 1. The summed E-state index contributed by atoms with van der Waals surface area (Å²) >= 11 is 12.1. The Bertz CT molecular complexity index is 671. The number of nitrogens with zero attached hydrogens (tertiary/aromatic N) is 1. The highest BCUT2D eigenvalue weighted by atomic mass is 35.5. The zero-order valence-corrected chi connectivity index (χ0v) is 12.1. The monoisotopic (exact) mass is 299 g/mol. The molecule has 4 nitrogen and oxygen atoms in total. The van der Waals surface area contributed by atoms with E-state index in [1.807, 2.05) is 0 Å². The van der Waals surface area contributed by atoms with Crippen LogP contribution in [0.25, 0.3) is 10.9 Å². The molecule has 0 fully saturated rings. The molecule has 1 heterocycles. The minimum absolute atomic E-state index is 0.195. The molecule has 0 aliphatic carbocycles. The molecule has 6 heteroatoms. The smallest absolute Gasteiger partial charge is 0.343 e. The van der Waals surface area contributed by atoms with Gasteiger partial charge >= 0.3 is 5.97 Å². The van der Waals surface area contributed by atoms with Gasteiger partial charge in [0.15, 0.2) is 0 Å². The van der Waals surface area contributed by atoms with Crippen LogP contribution in [0.5, 0.6) is 5.88 Å². The van der Waals surface area contributed by atoms with Crippen molar-refractivity contribution in [3.05, 3.63) is 33.3 Å². The molecule has 0 aliphatic heterocycles. The van der Waals surface area contributed by atoms with E-state index in [0.717, 1.165) is 5.56 Å². The van der Waals surface area contributed by atoms with Gasteiger partial charge in [0, 0.05) is 5.39 Å². The SMILES string of the molecule is COC(=O)c1cc2cc(Cl)c(Cl)c(C)c2nc1OC. The van der Waals surface area contributed by atoms with Crippen molar-refractivity contribution in [2.45, 2.75) is 6.92 Å². The van der Waals surface area contributed by atoms with E-state index in [4.69, 9.17) is 32.7 Å². The number of carbonyl (C=O) groups is 1. The molecule has 0 bridgehead atoms. The molecule has 0 radical (unpaired) electrons. The number of halogens is 2. The van der Waals surface area contributed by atoms with Crippen LogP contribution in [0, 0.1) is 6.92 Å². The molecule has 1 aromatic carbocycles. The highest BCUT2D eigenvalue weighted by molar-refractivity contribution is 6.43. The number of methoxy groups -OCH3 is 2. The van der Waals surface area contributed by atoms with Gasteiger partial charge in [0.1, 0.15) is 5.56 Å². The van der Waals surface area contributed by atoms with Gasteiger partial charge < -0.3 is 9.47 Å². The molecule has 19 heavy (non-hydrogen) atoms. The molecular weight excluding hydrogens is 289 g/mol. The standard InChI is InChI=1S/C13H11Cl2NO3/c1-6-10(15)9(14)5-7-4-8(13(17)19-3)12(18-2)16-11(6)7/h4-5H,1-3H3. The lowest BCUT2D eigenvalue weighted by molar-refractivity contribution is 0.0596. The number of aromatic nitrogens is 1. The first-order valence-corrected chi connectivity index (χ1v) is 6.16. The van der Waals surface area contributed by atoms with Crippen molar-refractivity contribution in [3.63, 3.8) is 0 Å². The maximum atomic E-state index is 11.7. The zero-order valence-electron chi connectivity index (χ0n) is 10.6. The molecule has 0 aliphatic rings. The number of hydrogen-bond donors (Lipinski definition) is 0. The average molecular weight is 300 g/mol. The Morgan fingerprint density at radius 2 is 1.95 bits per heavy atom. The van der Waals surface area contributed by atoms with Gasteiger partial charge in [-0.15, -0.1) is 0 Å². The number of ether oxygens (including phenoxy) is 2. The van der Waals surface area contributed by atoms with Crippen molar-refractivity contribution in [2.24, 2.45) is 0 Å². The van der Waals surface area contributed by atoms with Crippen LogP contribution < -0.4 is 4.74 Å². The Labute approximate surface area is 120 Å².